The van der Waals surface area contributed by atoms with Gasteiger partial charge in [-0.3, -0.25) is 0 Å². The lowest BCUT2D eigenvalue weighted by Gasteiger charge is -2.09. The van der Waals surface area contributed by atoms with E-state index in [1.54, 1.807) is 0 Å². The molecule has 0 unspecified atom stereocenters. The molecule has 0 bridgehead atoms. The van der Waals surface area contributed by atoms with Crippen molar-refractivity contribution in [2.75, 3.05) is 0 Å². The van der Waals surface area contributed by atoms with E-state index < -0.39 is 23.7 Å². The SMILES string of the molecule is FC(F)c1cc(Br)cc(C(F)(F)F)c1. The highest BCUT2D eigenvalue weighted by Crippen LogP contribution is 2.34. The monoisotopic (exact) mass is 274 g/mol. The molecule has 0 spiro atoms. The number of hydrogen-bond acceptors (Lipinski definition) is 0. The van der Waals surface area contributed by atoms with Crippen LogP contribution in [0.1, 0.15) is 17.6 Å². The molecule has 0 aliphatic rings. The topological polar surface area (TPSA) is 0 Å². The molecular formula is C8H4BrF5. The van der Waals surface area contributed by atoms with Crippen molar-refractivity contribution in [1.82, 2.24) is 0 Å². The van der Waals surface area contributed by atoms with Gasteiger partial charge in [-0.1, -0.05) is 15.9 Å². The van der Waals surface area contributed by atoms with Crippen LogP contribution < -0.4 is 0 Å². The standard InChI is InChI=1S/C8H4BrF5/c9-6-2-4(7(10)11)1-5(3-6)8(12,13)14/h1-3,7H. The highest BCUT2D eigenvalue weighted by molar-refractivity contribution is 9.10. The lowest BCUT2D eigenvalue weighted by atomic mass is 10.1. The molecule has 0 aromatic heterocycles. The molecule has 0 atom stereocenters. The van der Waals surface area contributed by atoms with Gasteiger partial charge >= 0.3 is 6.18 Å². The summed E-state index contributed by atoms with van der Waals surface area (Å²) in [5.41, 5.74) is -1.73. The average molecular weight is 275 g/mol. The summed E-state index contributed by atoms with van der Waals surface area (Å²) in [6.45, 7) is 0. The predicted octanol–water partition coefficient (Wildman–Crippen LogP) is 4.41. The Bertz CT molecular complexity index is 331. The molecule has 6 heteroatoms. The van der Waals surface area contributed by atoms with Gasteiger partial charge in [0, 0.05) is 10.0 Å². The van der Waals surface area contributed by atoms with Gasteiger partial charge in [0.15, 0.2) is 0 Å². The zero-order valence-corrected chi connectivity index (χ0v) is 8.16. The van der Waals surface area contributed by atoms with Crippen molar-refractivity contribution in [3.63, 3.8) is 0 Å². The summed E-state index contributed by atoms with van der Waals surface area (Å²) in [6.07, 6.45) is -7.51. The Morgan fingerprint density at radius 3 is 2.07 bits per heavy atom. The van der Waals surface area contributed by atoms with E-state index in [9.17, 15) is 22.0 Å². The van der Waals surface area contributed by atoms with E-state index in [2.05, 4.69) is 15.9 Å². The van der Waals surface area contributed by atoms with Crippen LogP contribution in [0.25, 0.3) is 0 Å². The molecule has 0 nitrogen and oxygen atoms in total. The fourth-order valence-corrected chi connectivity index (χ4v) is 1.41. The summed E-state index contributed by atoms with van der Waals surface area (Å²) in [7, 11) is 0. The van der Waals surface area contributed by atoms with Gasteiger partial charge in [0.05, 0.1) is 5.56 Å². The van der Waals surface area contributed by atoms with Gasteiger partial charge in [0.1, 0.15) is 0 Å². The zero-order valence-electron chi connectivity index (χ0n) is 6.58. The zero-order chi connectivity index (χ0) is 10.9. The molecule has 0 saturated carbocycles. The van der Waals surface area contributed by atoms with Crippen LogP contribution in [0.5, 0.6) is 0 Å². The molecule has 0 saturated heterocycles. The van der Waals surface area contributed by atoms with E-state index in [0.29, 0.717) is 6.07 Å². The molecule has 78 valence electrons. The summed E-state index contributed by atoms with van der Waals surface area (Å²) in [4.78, 5) is 0. The summed E-state index contributed by atoms with van der Waals surface area (Å²) < 4.78 is 60.7. The first-order valence-electron chi connectivity index (χ1n) is 3.46. The second-order valence-corrected chi connectivity index (χ2v) is 3.49. The average Bonchev–Trinajstić information content (AvgIpc) is 2.01. The Kier molecular flexibility index (Phi) is 3.14. The smallest absolute Gasteiger partial charge is 0.205 e. The van der Waals surface area contributed by atoms with Crippen LogP contribution in [0.4, 0.5) is 22.0 Å². The lowest BCUT2D eigenvalue weighted by Crippen LogP contribution is -2.05. The molecule has 1 rings (SSSR count). The van der Waals surface area contributed by atoms with Crippen molar-refractivity contribution in [2.24, 2.45) is 0 Å². The van der Waals surface area contributed by atoms with Gasteiger partial charge in [-0.15, -0.1) is 0 Å². The number of benzene rings is 1. The van der Waals surface area contributed by atoms with Crippen molar-refractivity contribution in [2.45, 2.75) is 12.6 Å². The predicted molar refractivity (Wildman–Crippen MR) is 44.1 cm³/mol. The van der Waals surface area contributed by atoms with Gasteiger partial charge in [0.2, 0.25) is 0 Å². The third-order valence-electron chi connectivity index (χ3n) is 1.50. The maximum Gasteiger partial charge on any atom is 0.416 e. The quantitative estimate of drug-likeness (QED) is 0.666. The van der Waals surface area contributed by atoms with Gasteiger partial charge < -0.3 is 0 Å². The molecule has 1 aromatic carbocycles. The lowest BCUT2D eigenvalue weighted by molar-refractivity contribution is -0.137. The molecular weight excluding hydrogens is 271 g/mol. The normalized spacial score (nSPS) is 12.2. The van der Waals surface area contributed by atoms with Crippen molar-refractivity contribution in [3.05, 3.63) is 33.8 Å². The molecule has 1 aromatic rings. The van der Waals surface area contributed by atoms with Crippen LogP contribution in [0.15, 0.2) is 22.7 Å². The summed E-state index contributed by atoms with van der Waals surface area (Å²) >= 11 is 2.74. The van der Waals surface area contributed by atoms with Crippen molar-refractivity contribution in [1.29, 1.82) is 0 Å². The minimum atomic E-state index is -4.60. The number of alkyl halides is 5. The van der Waals surface area contributed by atoms with Gasteiger partial charge in [0.25, 0.3) is 6.43 Å². The minimum absolute atomic E-state index is 0.0115. The van der Waals surface area contributed by atoms with Crippen LogP contribution in [-0.2, 0) is 6.18 Å². The van der Waals surface area contributed by atoms with Gasteiger partial charge in [-0.2, -0.15) is 13.2 Å². The second kappa shape index (κ2) is 3.84. The molecule has 0 fully saturated rings. The highest BCUT2D eigenvalue weighted by Gasteiger charge is 2.31. The first kappa shape index (κ1) is 11.4. The molecule has 0 aliphatic carbocycles. The largest absolute Gasteiger partial charge is 0.416 e. The Labute approximate surface area is 84.9 Å². The molecule has 0 N–H and O–H groups in total. The van der Waals surface area contributed by atoms with Crippen LogP contribution >= 0.6 is 15.9 Å². The van der Waals surface area contributed by atoms with Gasteiger partial charge in [-0.25, -0.2) is 8.78 Å². The first-order chi connectivity index (χ1) is 6.30. The summed E-state index contributed by atoms with van der Waals surface area (Å²) in [5, 5.41) is 0. The van der Waals surface area contributed by atoms with E-state index in [4.69, 9.17) is 0 Å². The van der Waals surface area contributed by atoms with E-state index in [0.717, 1.165) is 12.1 Å². The maximum atomic E-state index is 12.1. The van der Waals surface area contributed by atoms with E-state index in [1.165, 1.54) is 0 Å². The van der Waals surface area contributed by atoms with Crippen molar-refractivity contribution < 1.29 is 22.0 Å². The third kappa shape index (κ3) is 2.67. The van der Waals surface area contributed by atoms with Crippen molar-refractivity contribution in [3.8, 4) is 0 Å². The number of rotatable bonds is 1. The minimum Gasteiger partial charge on any atom is -0.205 e. The van der Waals surface area contributed by atoms with Crippen LogP contribution in [0.3, 0.4) is 0 Å². The maximum absolute atomic E-state index is 12.1. The Morgan fingerprint density at radius 2 is 1.64 bits per heavy atom. The number of halogens is 6. The van der Waals surface area contributed by atoms with E-state index in [-0.39, 0.29) is 4.47 Å². The first-order valence-corrected chi connectivity index (χ1v) is 4.26. The van der Waals surface area contributed by atoms with Crippen molar-refractivity contribution >= 4 is 15.9 Å². The van der Waals surface area contributed by atoms with E-state index in [1.807, 2.05) is 0 Å². The Balaban J connectivity index is 3.21. The molecule has 0 amide bonds. The molecule has 0 aliphatic heterocycles. The second-order valence-electron chi connectivity index (χ2n) is 2.57. The van der Waals surface area contributed by atoms with Crippen LogP contribution in [0, 0.1) is 0 Å². The van der Waals surface area contributed by atoms with E-state index >= 15 is 0 Å². The fourth-order valence-electron chi connectivity index (χ4n) is 0.902. The molecule has 14 heavy (non-hydrogen) atoms. The highest BCUT2D eigenvalue weighted by atomic mass is 79.9. The Morgan fingerprint density at radius 1 is 1.07 bits per heavy atom. The molecule has 0 radical (unpaired) electrons. The summed E-state index contributed by atoms with van der Waals surface area (Å²) in [5.74, 6) is 0. The van der Waals surface area contributed by atoms with Crippen LogP contribution in [0.2, 0.25) is 0 Å². The summed E-state index contributed by atoms with van der Waals surface area (Å²) in [6, 6.07) is 2.15. The van der Waals surface area contributed by atoms with Crippen LogP contribution in [-0.4, -0.2) is 0 Å². The Hall–Kier alpha value is -0.650. The third-order valence-corrected chi connectivity index (χ3v) is 1.96. The fraction of sp³-hybridized carbons (Fsp3) is 0.250. The van der Waals surface area contributed by atoms with Gasteiger partial charge in [-0.05, 0) is 18.2 Å². The number of hydrogen-bond donors (Lipinski definition) is 0. The molecule has 0 heterocycles.